The third kappa shape index (κ3) is 5.44. The van der Waals surface area contributed by atoms with Crippen LogP contribution in [-0.4, -0.2) is 38.2 Å². The van der Waals surface area contributed by atoms with Crippen LogP contribution in [-0.2, 0) is 14.8 Å². The molecule has 0 bridgehead atoms. The molecule has 2 rings (SSSR count). The Balaban J connectivity index is 2.39. The van der Waals surface area contributed by atoms with E-state index in [9.17, 15) is 23.3 Å². The summed E-state index contributed by atoms with van der Waals surface area (Å²) < 4.78 is 31.2. The van der Waals surface area contributed by atoms with E-state index in [1.165, 1.54) is 19.1 Å². The van der Waals surface area contributed by atoms with E-state index < -0.39 is 26.9 Å². The lowest BCUT2D eigenvalue weighted by atomic mass is 10.1. The Labute approximate surface area is 169 Å². The summed E-state index contributed by atoms with van der Waals surface area (Å²) in [5.41, 5.74) is 0.736. The first-order valence-corrected chi connectivity index (χ1v) is 10.7. The van der Waals surface area contributed by atoms with Crippen molar-refractivity contribution in [1.82, 2.24) is 0 Å². The fraction of sp³-hybridized carbons (Fsp3) is 0.316. The number of hydrogen-bond donors (Lipinski definition) is 1. The molecule has 0 heterocycles. The van der Waals surface area contributed by atoms with Gasteiger partial charge >= 0.3 is 0 Å². The molecule has 0 spiro atoms. The second-order valence-corrected chi connectivity index (χ2v) is 8.27. The number of hydrogen-bond acceptors (Lipinski definition) is 6. The predicted molar refractivity (Wildman–Crippen MR) is 111 cm³/mol. The van der Waals surface area contributed by atoms with E-state index in [-0.39, 0.29) is 11.4 Å². The van der Waals surface area contributed by atoms with Gasteiger partial charge in [0, 0.05) is 23.9 Å². The van der Waals surface area contributed by atoms with Crippen molar-refractivity contribution in [3.8, 4) is 5.75 Å². The normalized spacial score (nSPS) is 12.1. The summed E-state index contributed by atoms with van der Waals surface area (Å²) in [6.07, 6.45) is 0.949. The van der Waals surface area contributed by atoms with Crippen LogP contribution in [0.2, 0.25) is 0 Å². The van der Waals surface area contributed by atoms with E-state index in [2.05, 4.69) is 5.32 Å². The molecule has 1 N–H and O–H groups in total. The Bertz CT molecular complexity index is 1020. The fourth-order valence-electron chi connectivity index (χ4n) is 2.81. The van der Waals surface area contributed by atoms with Gasteiger partial charge in [-0.05, 0) is 38.5 Å². The van der Waals surface area contributed by atoms with Gasteiger partial charge in [-0.15, -0.1) is 0 Å². The number of anilines is 2. The van der Waals surface area contributed by atoms with Gasteiger partial charge in [-0.25, -0.2) is 8.42 Å². The van der Waals surface area contributed by atoms with Crippen molar-refractivity contribution >= 4 is 33.0 Å². The number of aryl methyl sites for hydroxylation is 1. The number of carbonyl (C=O) groups is 1. The van der Waals surface area contributed by atoms with Crippen LogP contribution < -0.4 is 14.4 Å². The van der Waals surface area contributed by atoms with Crippen LogP contribution in [0.15, 0.2) is 42.5 Å². The largest absolute Gasteiger partial charge is 0.494 e. The van der Waals surface area contributed by atoms with E-state index in [0.29, 0.717) is 23.6 Å². The summed E-state index contributed by atoms with van der Waals surface area (Å²) in [7, 11) is -3.91. The monoisotopic (exact) mass is 421 g/mol. The van der Waals surface area contributed by atoms with Crippen molar-refractivity contribution in [3.63, 3.8) is 0 Å². The van der Waals surface area contributed by atoms with Gasteiger partial charge in [0.25, 0.3) is 5.69 Å². The number of benzene rings is 2. The number of nitrogens with one attached hydrogen (secondary N) is 1. The standard InChI is InChI=1S/C19H23N3O6S/c1-5-28-17-8-6-7-15(11-17)20-19(23)14(3)21(29(4,26)27)18-12-16(22(24)25)10-9-13(18)2/h6-12,14H,5H2,1-4H3,(H,20,23)/t14-/m0/s1. The highest BCUT2D eigenvalue weighted by molar-refractivity contribution is 7.92. The van der Waals surface area contributed by atoms with Gasteiger partial charge in [-0.2, -0.15) is 0 Å². The molecule has 0 radical (unpaired) electrons. The Kier molecular flexibility index (Phi) is 6.80. The van der Waals surface area contributed by atoms with Crippen molar-refractivity contribution in [3.05, 3.63) is 58.1 Å². The molecule has 0 unspecified atom stereocenters. The molecule has 2 aromatic rings. The maximum atomic E-state index is 12.8. The minimum atomic E-state index is -3.91. The van der Waals surface area contributed by atoms with Crippen molar-refractivity contribution in [1.29, 1.82) is 0 Å². The molecule has 0 aliphatic carbocycles. The first-order chi connectivity index (χ1) is 13.5. The third-order valence-corrected chi connectivity index (χ3v) is 5.37. The number of nitro groups is 1. The predicted octanol–water partition coefficient (Wildman–Crippen LogP) is 3.10. The Morgan fingerprint density at radius 3 is 2.55 bits per heavy atom. The molecule has 1 amide bonds. The summed E-state index contributed by atoms with van der Waals surface area (Å²) in [6.45, 7) is 5.33. The van der Waals surface area contributed by atoms with E-state index in [0.717, 1.165) is 16.6 Å². The van der Waals surface area contributed by atoms with Crippen LogP contribution >= 0.6 is 0 Å². The zero-order valence-corrected chi connectivity index (χ0v) is 17.4. The second-order valence-electron chi connectivity index (χ2n) is 6.41. The van der Waals surface area contributed by atoms with Crippen LogP contribution in [0.4, 0.5) is 17.1 Å². The average molecular weight is 421 g/mol. The van der Waals surface area contributed by atoms with Crippen LogP contribution in [0.5, 0.6) is 5.75 Å². The Morgan fingerprint density at radius 1 is 1.28 bits per heavy atom. The van der Waals surface area contributed by atoms with Crippen LogP contribution in [0.1, 0.15) is 19.4 Å². The van der Waals surface area contributed by atoms with Crippen molar-refractivity contribution in [2.75, 3.05) is 22.5 Å². The molecule has 9 nitrogen and oxygen atoms in total. The maximum Gasteiger partial charge on any atom is 0.271 e. The number of sulfonamides is 1. The summed E-state index contributed by atoms with van der Waals surface area (Å²) in [4.78, 5) is 23.3. The SMILES string of the molecule is CCOc1cccc(NC(=O)[C@H](C)N(c2cc([N+](=O)[O-])ccc2C)S(C)(=O)=O)c1. The fourth-order valence-corrected chi connectivity index (χ4v) is 4.03. The highest BCUT2D eigenvalue weighted by Gasteiger charge is 2.31. The minimum Gasteiger partial charge on any atom is -0.494 e. The van der Waals surface area contributed by atoms with Gasteiger partial charge in [-0.1, -0.05) is 12.1 Å². The van der Waals surface area contributed by atoms with Gasteiger partial charge in [0.2, 0.25) is 15.9 Å². The van der Waals surface area contributed by atoms with E-state index in [1.54, 1.807) is 31.2 Å². The van der Waals surface area contributed by atoms with Crippen LogP contribution in [0.3, 0.4) is 0 Å². The van der Waals surface area contributed by atoms with E-state index in [1.807, 2.05) is 6.92 Å². The smallest absolute Gasteiger partial charge is 0.271 e. The van der Waals surface area contributed by atoms with Gasteiger partial charge < -0.3 is 10.1 Å². The first kappa shape index (κ1) is 22.2. The minimum absolute atomic E-state index is 0.0763. The molecule has 29 heavy (non-hydrogen) atoms. The van der Waals surface area contributed by atoms with Crippen molar-refractivity contribution in [2.45, 2.75) is 26.8 Å². The molecule has 0 aromatic heterocycles. The van der Waals surface area contributed by atoms with Gasteiger partial charge in [0.1, 0.15) is 11.8 Å². The van der Waals surface area contributed by atoms with Gasteiger partial charge in [0.05, 0.1) is 23.5 Å². The lowest BCUT2D eigenvalue weighted by molar-refractivity contribution is -0.384. The van der Waals surface area contributed by atoms with Gasteiger partial charge in [-0.3, -0.25) is 19.2 Å². The molecular formula is C19H23N3O6S. The van der Waals surface area contributed by atoms with Crippen molar-refractivity contribution < 1.29 is 22.9 Å². The summed E-state index contributed by atoms with van der Waals surface area (Å²) in [5, 5.41) is 13.8. The molecule has 156 valence electrons. The Morgan fingerprint density at radius 2 is 1.97 bits per heavy atom. The number of carbonyl (C=O) groups excluding carboxylic acids is 1. The topological polar surface area (TPSA) is 119 Å². The number of nitrogens with zero attached hydrogens (tertiary/aromatic N) is 2. The van der Waals surface area contributed by atoms with Crippen LogP contribution in [0, 0.1) is 17.0 Å². The second kappa shape index (κ2) is 8.91. The molecule has 0 saturated carbocycles. The number of amides is 1. The number of non-ortho nitro benzene ring substituents is 1. The molecule has 0 saturated heterocycles. The lowest BCUT2D eigenvalue weighted by Crippen LogP contribution is -2.45. The molecule has 0 fully saturated rings. The molecule has 10 heteroatoms. The molecular weight excluding hydrogens is 398 g/mol. The molecule has 1 atom stereocenters. The molecule has 0 aliphatic heterocycles. The lowest BCUT2D eigenvalue weighted by Gasteiger charge is -2.29. The summed E-state index contributed by atoms with van der Waals surface area (Å²) in [5.74, 6) is -0.0255. The highest BCUT2D eigenvalue weighted by Crippen LogP contribution is 2.29. The quantitative estimate of drug-likeness (QED) is 0.517. The van der Waals surface area contributed by atoms with Gasteiger partial charge in [0.15, 0.2) is 0 Å². The zero-order chi connectivity index (χ0) is 21.8. The first-order valence-electron chi connectivity index (χ1n) is 8.82. The Hall–Kier alpha value is -3.14. The third-order valence-electron chi connectivity index (χ3n) is 4.14. The van der Waals surface area contributed by atoms with Crippen molar-refractivity contribution in [2.24, 2.45) is 0 Å². The number of nitro benzene ring substituents is 1. The number of rotatable bonds is 8. The number of ether oxygens (including phenoxy) is 1. The highest BCUT2D eigenvalue weighted by atomic mass is 32.2. The zero-order valence-electron chi connectivity index (χ0n) is 16.6. The van der Waals surface area contributed by atoms with E-state index in [4.69, 9.17) is 4.74 Å². The molecule has 0 aliphatic rings. The van der Waals surface area contributed by atoms with Crippen LogP contribution in [0.25, 0.3) is 0 Å². The average Bonchev–Trinajstić information content (AvgIpc) is 2.62. The summed E-state index contributed by atoms with van der Waals surface area (Å²) in [6, 6.07) is 9.43. The molecule has 2 aromatic carbocycles. The van der Waals surface area contributed by atoms with E-state index >= 15 is 0 Å². The summed E-state index contributed by atoms with van der Waals surface area (Å²) >= 11 is 0. The maximum absolute atomic E-state index is 12.8.